The van der Waals surface area contributed by atoms with Gasteiger partial charge in [-0.1, -0.05) is 27.7 Å². The fraction of sp³-hybridized carbons (Fsp3) is 1.00. The number of hydrogen-bond acceptors (Lipinski definition) is 4. The van der Waals surface area contributed by atoms with Gasteiger partial charge in [-0.3, -0.25) is 4.58 Å². The van der Waals surface area contributed by atoms with E-state index in [0.717, 1.165) is 37.4 Å². The van der Waals surface area contributed by atoms with Gasteiger partial charge in [0.2, 0.25) is 8.32 Å². The van der Waals surface area contributed by atoms with E-state index in [1.807, 2.05) is 0 Å². The molecule has 126 valence electrons. The molecule has 5 heteroatoms. The van der Waals surface area contributed by atoms with E-state index >= 15 is 0 Å². The van der Waals surface area contributed by atoms with Crippen LogP contribution in [0.1, 0.15) is 60.8 Å². The van der Waals surface area contributed by atoms with Gasteiger partial charge in [-0.25, -0.2) is 4.89 Å². The van der Waals surface area contributed by atoms with Crippen molar-refractivity contribution in [1.29, 1.82) is 0 Å². The van der Waals surface area contributed by atoms with Crippen molar-refractivity contribution in [3.63, 3.8) is 0 Å². The van der Waals surface area contributed by atoms with E-state index in [1.165, 1.54) is 0 Å². The minimum Gasteiger partial charge on any atom is -0.367 e. The quantitative estimate of drug-likeness (QED) is 0.392. The van der Waals surface area contributed by atoms with E-state index in [0.29, 0.717) is 6.61 Å². The molecule has 21 heavy (non-hydrogen) atoms. The summed E-state index contributed by atoms with van der Waals surface area (Å²) in [6.45, 7) is 13.4. The van der Waals surface area contributed by atoms with Gasteiger partial charge in [0.15, 0.2) is 6.29 Å². The molecule has 0 aromatic rings. The second-order valence-electron chi connectivity index (χ2n) is 7.04. The lowest BCUT2D eigenvalue weighted by Crippen LogP contribution is -2.43. The number of ether oxygens (including phenoxy) is 1. The lowest BCUT2D eigenvalue weighted by molar-refractivity contribution is -0.304. The summed E-state index contributed by atoms with van der Waals surface area (Å²) < 4.78 is 11.4. The molecule has 0 spiro atoms. The highest BCUT2D eigenvalue weighted by molar-refractivity contribution is 6.73. The topological polar surface area (TPSA) is 47.9 Å². The van der Waals surface area contributed by atoms with Gasteiger partial charge in [-0.05, 0) is 51.2 Å². The SMILES string of the molecule is CC[C@@]1(CC(C)(C)OO[Si](CC)(CC)CC)CCO[C@H]1O. The Morgan fingerprint density at radius 2 is 1.76 bits per heavy atom. The Hall–Kier alpha value is 0.0569. The molecule has 0 aromatic carbocycles. The van der Waals surface area contributed by atoms with Crippen molar-refractivity contribution in [2.24, 2.45) is 5.41 Å². The van der Waals surface area contributed by atoms with Crippen molar-refractivity contribution in [1.82, 2.24) is 0 Å². The lowest BCUT2D eigenvalue weighted by atomic mass is 9.74. The number of aliphatic hydroxyl groups excluding tert-OH is 1. The average Bonchev–Trinajstić information content (AvgIpc) is 2.82. The first kappa shape index (κ1) is 19.1. The van der Waals surface area contributed by atoms with Crippen LogP contribution in [0, 0.1) is 5.41 Å². The highest BCUT2D eigenvalue weighted by Crippen LogP contribution is 2.44. The van der Waals surface area contributed by atoms with Gasteiger partial charge in [0.05, 0.1) is 12.2 Å². The largest absolute Gasteiger partial charge is 0.367 e. The van der Waals surface area contributed by atoms with Crippen molar-refractivity contribution in [3.8, 4) is 0 Å². The van der Waals surface area contributed by atoms with Gasteiger partial charge < -0.3 is 9.84 Å². The molecule has 0 aromatic heterocycles. The minimum absolute atomic E-state index is 0.207. The van der Waals surface area contributed by atoms with Gasteiger partial charge in [0, 0.05) is 5.41 Å². The van der Waals surface area contributed by atoms with Crippen LogP contribution >= 0.6 is 0 Å². The van der Waals surface area contributed by atoms with Crippen molar-refractivity contribution in [2.45, 2.75) is 90.8 Å². The second-order valence-corrected chi connectivity index (χ2v) is 11.7. The Morgan fingerprint density at radius 1 is 1.19 bits per heavy atom. The van der Waals surface area contributed by atoms with Crippen LogP contribution in [0.2, 0.25) is 18.1 Å². The Balaban J connectivity index is 2.68. The predicted octanol–water partition coefficient (Wildman–Crippen LogP) is 4.24. The van der Waals surface area contributed by atoms with Crippen LogP contribution in [0.3, 0.4) is 0 Å². The monoisotopic (exact) mass is 318 g/mol. The fourth-order valence-corrected chi connectivity index (χ4v) is 5.59. The van der Waals surface area contributed by atoms with E-state index in [4.69, 9.17) is 14.2 Å². The molecular formula is C16H34O4Si. The molecule has 1 N–H and O–H groups in total. The van der Waals surface area contributed by atoms with Gasteiger partial charge in [-0.2, -0.15) is 0 Å². The zero-order valence-electron chi connectivity index (χ0n) is 14.7. The molecule has 2 atom stereocenters. The third-order valence-electron chi connectivity index (χ3n) is 5.26. The van der Waals surface area contributed by atoms with E-state index in [1.54, 1.807) is 0 Å². The van der Waals surface area contributed by atoms with E-state index in [-0.39, 0.29) is 5.41 Å². The first-order valence-corrected chi connectivity index (χ1v) is 11.0. The van der Waals surface area contributed by atoms with Gasteiger partial charge in [0.1, 0.15) is 0 Å². The molecular weight excluding hydrogens is 284 g/mol. The Morgan fingerprint density at radius 3 is 2.14 bits per heavy atom. The van der Waals surface area contributed by atoms with Crippen LogP contribution in [0.4, 0.5) is 0 Å². The van der Waals surface area contributed by atoms with Crippen molar-refractivity contribution in [2.75, 3.05) is 6.61 Å². The molecule has 1 aliphatic heterocycles. The van der Waals surface area contributed by atoms with Crippen LogP contribution in [-0.2, 0) is 14.2 Å². The van der Waals surface area contributed by atoms with E-state index < -0.39 is 20.2 Å². The molecule has 0 amide bonds. The van der Waals surface area contributed by atoms with Crippen molar-refractivity contribution in [3.05, 3.63) is 0 Å². The highest BCUT2D eigenvalue weighted by Gasteiger charge is 2.46. The summed E-state index contributed by atoms with van der Waals surface area (Å²) in [7, 11) is -1.75. The van der Waals surface area contributed by atoms with Crippen LogP contribution in [0.25, 0.3) is 0 Å². The van der Waals surface area contributed by atoms with Crippen molar-refractivity contribution >= 4 is 8.32 Å². The number of hydrogen-bond donors (Lipinski definition) is 1. The lowest BCUT2D eigenvalue weighted by Gasteiger charge is -2.39. The highest BCUT2D eigenvalue weighted by atomic mass is 28.4. The number of aliphatic hydroxyl groups is 1. The molecule has 1 aliphatic rings. The maximum absolute atomic E-state index is 10.2. The van der Waals surface area contributed by atoms with E-state index in [2.05, 4.69) is 41.5 Å². The normalized spacial score (nSPS) is 27.3. The smallest absolute Gasteiger partial charge is 0.238 e. The molecule has 0 saturated carbocycles. The maximum atomic E-state index is 10.2. The summed E-state index contributed by atoms with van der Waals surface area (Å²) in [5.74, 6) is 0. The molecule has 1 heterocycles. The summed E-state index contributed by atoms with van der Waals surface area (Å²) in [6.07, 6.45) is 1.84. The summed E-state index contributed by atoms with van der Waals surface area (Å²) >= 11 is 0. The number of rotatable bonds is 9. The third-order valence-corrected chi connectivity index (χ3v) is 9.56. The molecule has 1 fully saturated rings. The summed E-state index contributed by atoms with van der Waals surface area (Å²) in [4.78, 5) is 5.90. The molecule has 0 radical (unpaired) electrons. The first-order valence-electron chi connectivity index (χ1n) is 8.45. The summed E-state index contributed by atoms with van der Waals surface area (Å²) in [5, 5.41) is 10.2. The Kier molecular flexibility index (Phi) is 6.87. The van der Waals surface area contributed by atoms with Crippen LogP contribution in [-0.4, -0.2) is 31.9 Å². The van der Waals surface area contributed by atoms with Crippen LogP contribution in [0.15, 0.2) is 0 Å². The zero-order chi connectivity index (χ0) is 16.1. The van der Waals surface area contributed by atoms with Crippen LogP contribution < -0.4 is 0 Å². The molecule has 4 nitrogen and oxygen atoms in total. The van der Waals surface area contributed by atoms with Crippen LogP contribution in [0.5, 0.6) is 0 Å². The first-order chi connectivity index (χ1) is 9.78. The van der Waals surface area contributed by atoms with Gasteiger partial charge in [-0.15, -0.1) is 0 Å². The Bertz CT molecular complexity index is 309. The van der Waals surface area contributed by atoms with Gasteiger partial charge >= 0.3 is 0 Å². The standard InChI is InChI=1S/C16H34O4Si/c1-7-16(11-12-18-14(16)17)13-15(5,6)19-20-21(8-2,9-3)10-4/h14,17H,7-13H2,1-6H3/t14-,16+/m1/s1. The zero-order valence-corrected chi connectivity index (χ0v) is 15.7. The third kappa shape index (κ3) is 4.52. The molecule has 0 unspecified atom stereocenters. The minimum atomic E-state index is -1.75. The predicted molar refractivity (Wildman–Crippen MR) is 87.4 cm³/mol. The second kappa shape index (κ2) is 7.55. The van der Waals surface area contributed by atoms with Crippen molar-refractivity contribution < 1.29 is 19.3 Å². The Labute approximate surface area is 131 Å². The van der Waals surface area contributed by atoms with Gasteiger partial charge in [0.25, 0.3) is 0 Å². The maximum Gasteiger partial charge on any atom is 0.238 e. The molecule has 1 rings (SSSR count). The molecule has 0 aliphatic carbocycles. The summed E-state index contributed by atoms with van der Waals surface area (Å²) in [5.41, 5.74) is -0.621. The average molecular weight is 319 g/mol. The summed E-state index contributed by atoms with van der Waals surface area (Å²) in [6, 6.07) is 3.21. The molecule has 1 saturated heterocycles. The fourth-order valence-electron chi connectivity index (χ4n) is 3.33. The molecule has 0 bridgehead atoms. The van der Waals surface area contributed by atoms with E-state index in [9.17, 15) is 5.11 Å².